The van der Waals surface area contributed by atoms with Crippen LogP contribution in [0.25, 0.3) is 11.2 Å². The number of aromatic amines is 1. The number of H-pyrrole nitrogens is 1. The van der Waals surface area contributed by atoms with E-state index < -0.39 is 51.2 Å². The number of nitrogens with two attached hydrogens (primary N) is 1. The van der Waals surface area contributed by atoms with Gasteiger partial charge in [0.15, 0.2) is 17.4 Å². The Labute approximate surface area is 215 Å². The standard InChI is InChI=1S/C10H15N5O10P2S.3Li/c11-10-13-7-4(8(18)14-10)12-2-15(7)9-6(17)5(16)3(24-9)1-23-26(19,20)25-27(21,22)28;;;/h2-3,5-6,9,16-17H,1H2,(H,19,20)(H2,21,22,28)(H3,11,13,14,18);;;/q;3*+1/p-3. The van der Waals surface area contributed by atoms with Crippen molar-refractivity contribution in [2.45, 2.75) is 24.5 Å². The fourth-order valence-electron chi connectivity index (χ4n) is 2.54. The van der Waals surface area contributed by atoms with Crippen LogP contribution in [-0.4, -0.2) is 54.7 Å². The second kappa shape index (κ2) is 11.8. The van der Waals surface area contributed by atoms with Crippen LogP contribution < -0.4 is 82.6 Å². The predicted octanol–water partition coefficient (Wildman–Crippen LogP) is -13.2. The number of nitrogens with zero attached hydrogens (tertiary/aromatic N) is 3. The maximum atomic E-state index is 11.8. The molecule has 0 spiro atoms. The van der Waals surface area contributed by atoms with Gasteiger partial charge in [0.2, 0.25) is 5.95 Å². The molecule has 31 heavy (non-hydrogen) atoms. The number of rotatable bonds is 6. The first-order valence-electron chi connectivity index (χ1n) is 7.31. The van der Waals surface area contributed by atoms with Crippen molar-refractivity contribution in [3.63, 3.8) is 0 Å². The van der Waals surface area contributed by atoms with E-state index in [0.717, 1.165) is 10.9 Å². The van der Waals surface area contributed by atoms with Gasteiger partial charge in [-0.05, 0) is 0 Å². The summed E-state index contributed by atoms with van der Waals surface area (Å²) in [5.74, 6) is -0.234. The summed E-state index contributed by atoms with van der Waals surface area (Å²) < 4.78 is 25.9. The van der Waals surface area contributed by atoms with E-state index in [0.29, 0.717) is 0 Å². The molecule has 21 heteroatoms. The Morgan fingerprint density at radius 3 is 2.48 bits per heavy atom. The van der Waals surface area contributed by atoms with Gasteiger partial charge < -0.3 is 44.2 Å². The van der Waals surface area contributed by atoms with Gasteiger partial charge in [-0.25, -0.2) is 4.98 Å². The Kier molecular flexibility index (Phi) is 12.0. The monoisotopic (exact) mass is 477 g/mol. The summed E-state index contributed by atoms with van der Waals surface area (Å²) in [7, 11) is -5.34. The first-order valence-corrected chi connectivity index (χ1v) is 11.3. The van der Waals surface area contributed by atoms with Gasteiger partial charge >= 0.3 is 56.6 Å². The quantitative estimate of drug-likeness (QED) is 0.223. The van der Waals surface area contributed by atoms with E-state index in [1.54, 1.807) is 0 Å². The molecule has 5 N–H and O–H groups in total. The zero-order valence-corrected chi connectivity index (χ0v) is 19.1. The number of hydrogen-bond acceptors (Lipinski definition) is 14. The molecule has 2 aromatic heterocycles. The van der Waals surface area contributed by atoms with Gasteiger partial charge in [-0.1, -0.05) is 6.72 Å². The molecule has 0 aliphatic carbocycles. The maximum Gasteiger partial charge on any atom is 1.00 e. The fraction of sp³-hybridized carbons (Fsp3) is 0.500. The largest absolute Gasteiger partial charge is 1.00 e. The topological polar surface area (TPSA) is 244 Å². The third-order valence-electron chi connectivity index (χ3n) is 3.66. The van der Waals surface area contributed by atoms with Crippen molar-refractivity contribution < 1.29 is 99.6 Å². The summed E-state index contributed by atoms with van der Waals surface area (Å²) in [6.07, 6.45) is -4.91. The molecule has 1 aliphatic rings. The number of anilines is 1. The Bertz CT molecular complexity index is 1050. The van der Waals surface area contributed by atoms with Crippen LogP contribution in [0.2, 0.25) is 0 Å². The van der Waals surface area contributed by atoms with Gasteiger partial charge in [-0.2, -0.15) is 4.98 Å². The second-order valence-corrected chi connectivity index (χ2v) is 9.64. The maximum absolute atomic E-state index is 11.8. The zero-order chi connectivity index (χ0) is 20.9. The number of phosphoric acid groups is 1. The van der Waals surface area contributed by atoms with E-state index in [9.17, 15) is 34.3 Å². The molecule has 5 unspecified atom stereocenters. The third kappa shape index (κ3) is 7.49. The molecule has 0 amide bonds. The third-order valence-corrected chi connectivity index (χ3v) is 6.32. The van der Waals surface area contributed by atoms with E-state index in [4.69, 9.17) is 10.5 Å². The van der Waals surface area contributed by atoms with Gasteiger partial charge in [0.1, 0.15) is 18.3 Å². The Morgan fingerprint density at radius 2 is 1.90 bits per heavy atom. The van der Waals surface area contributed by atoms with Crippen LogP contribution in [-0.2, 0) is 29.9 Å². The molecule has 3 heterocycles. The summed E-state index contributed by atoms with van der Waals surface area (Å²) in [5.41, 5.74) is 4.64. The van der Waals surface area contributed by atoms with Crippen LogP contribution in [0, 0.1) is 0 Å². The number of aromatic nitrogens is 4. The molecular weight excluding hydrogens is 465 g/mol. The summed E-state index contributed by atoms with van der Waals surface area (Å²) >= 11 is 3.81. The van der Waals surface area contributed by atoms with Gasteiger partial charge in [0, 0.05) is 0 Å². The molecule has 1 aliphatic heterocycles. The van der Waals surface area contributed by atoms with E-state index >= 15 is 0 Å². The number of aliphatic hydroxyl groups is 2. The second-order valence-electron chi connectivity index (χ2n) is 5.59. The minimum atomic E-state index is -5.34. The Morgan fingerprint density at radius 1 is 1.29 bits per heavy atom. The van der Waals surface area contributed by atoms with Crippen LogP contribution in [0.4, 0.5) is 5.95 Å². The minimum Gasteiger partial charge on any atom is -0.812 e. The molecule has 2 aromatic rings. The first-order chi connectivity index (χ1) is 12.9. The molecule has 1 fully saturated rings. The molecule has 15 nitrogen and oxygen atoms in total. The summed E-state index contributed by atoms with van der Waals surface area (Å²) in [6, 6.07) is 0. The number of imidazole rings is 1. The van der Waals surface area contributed by atoms with Crippen LogP contribution in [0.5, 0.6) is 0 Å². The van der Waals surface area contributed by atoms with Crippen molar-refractivity contribution in [3.05, 3.63) is 16.7 Å². The Balaban J connectivity index is 0.00000300. The molecule has 5 atom stereocenters. The van der Waals surface area contributed by atoms with Crippen molar-refractivity contribution in [3.8, 4) is 0 Å². The number of hydrogen-bond donors (Lipinski definition) is 4. The predicted molar refractivity (Wildman–Crippen MR) is 87.4 cm³/mol. The number of phosphoric ester groups is 1. The van der Waals surface area contributed by atoms with Gasteiger partial charge in [-0.15, -0.1) is 11.8 Å². The smallest absolute Gasteiger partial charge is 0.812 e. The van der Waals surface area contributed by atoms with Crippen LogP contribution in [0.1, 0.15) is 6.23 Å². The SMILES string of the molecule is Nc1nc2c(ncn2C2OC(COP(=O)([O-])OP([O-])([O-])=S)C(O)C2O)c(=O)[nH]1.[Li+].[Li+].[Li+]. The average molecular weight is 477 g/mol. The molecule has 0 bridgehead atoms. The molecule has 0 saturated carbocycles. The summed E-state index contributed by atoms with van der Waals surface area (Å²) in [6.45, 7) is -5.94. The van der Waals surface area contributed by atoms with Gasteiger partial charge in [0.25, 0.3) is 13.4 Å². The van der Waals surface area contributed by atoms with Crippen LogP contribution >= 0.6 is 14.5 Å². The summed E-state index contributed by atoms with van der Waals surface area (Å²) in [4.78, 5) is 54.6. The molecule has 0 aromatic carbocycles. The molecule has 0 radical (unpaired) electrons. The number of aliphatic hydroxyl groups excluding tert-OH is 2. The molecular formula is C10H12Li3N5O10P2S. The van der Waals surface area contributed by atoms with Gasteiger partial charge in [-0.3, -0.25) is 18.9 Å². The average Bonchev–Trinajstić information content (AvgIpc) is 3.06. The minimum absolute atomic E-state index is 0. The normalized spacial score (nSPS) is 25.2. The Hall–Kier alpha value is 0.502. The van der Waals surface area contributed by atoms with Crippen molar-refractivity contribution in [1.82, 2.24) is 19.5 Å². The zero-order valence-electron chi connectivity index (χ0n) is 16.5. The van der Waals surface area contributed by atoms with E-state index in [-0.39, 0.29) is 73.7 Å². The number of nitrogens with one attached hydrogen (secondary N) is 1. The molecule has 1 saturated heterocycles. The number of ether oxygens (including phenoxy) is 1. The van der Waals surface area contributed by atoms with Crippen molar-refractivity contribution in [2.24, 2.45) is 0 Å². The van der Waals surface area contributed by atoms with Crippen molar-refractivity contribution in [1.29, 1.82) is 0 Å². The number of nitrogen functional groups attached to an aromatic ring is 1. The molecule has 3 rings (SSSR count). The first kappa shape index (κ1) is 31.5. The van der Waals surface area contributed by atoms with E-state index in [1.807, 2.05) is 0 Å². The van der Waals surface area contributed by atoms with Crippen LogP contribution in [0.15, 0.2) is 11.1 Å². The van der Waals surface area contributed by atoms with Crippen molar-refractivity contribution in [2.75, 3.05) is 12.3 Å². The molecule has 156 valence electrons. The van der Waals surface area contributed by atoms with Gasteiger partial charge in [0.05, 0.1) is 12.9 Å². The summed E-state index contributed by atoms with van der Waals surface area (Å²) in [5, 5.41) is 20.3. The van der Waals surface area contributed by atoms with E-state index in [1.165, 1.54) is 0 Å². The van der Waals surface area contributed by atoms with Crippen LogP contribution in [0.3, 0.4) is 0 Å². The fourth-order valence-corrected chi connectivity index (χ4v) is 4.77. The van der Waals surface area contributed by atoms with E-state index in [2.05, 4.69) is 35.6 Å². The van der Waals surface area contributed by atoms with Crippen molar-refractivity contribution >= 4 is 43.5 Å². The number of fused-ring (bicyclic) bond motifs is 1.